The smallest absolute Gasteiger partial charge is 0.339 e. The Morgan fingerprint density at radius 1 is 1.75 bits per heavy atom. The minimum absolute atomic E-state index is 0.225. The predicted octanol–water partition coefficient (Wildman–Crippen LogP) is 2.16. The highest BCUT2D eigenvalue weighted by Gasteiger charge is 2.11. The molecule has 1 N–H and O–H groups in total. The molecular weight excluding hydrogens is 156 g/mol. The quantitative estimate of drug-likeness (QED) is 0.700. The molecule has 0 fully saturated rings. The second-order valence-corrected chi connectivity index (χ2v) is 2.31. The van der Waals surface area contributed by atoms with Crippen molar-refractivity contribution in [2.24, 2.45) is 0 Å². The number of allylic oxidation sites excluding steroid dienone is 1. The summed E-state index contributed by atoms with van der Waals surface area (Å²) >= 11 is 0. The molecule has 0 spiro atoms. The molecule has 12 heavy (non-hydrogen) atoms. The van der Waals surface area contributed by atoms with Crippen LogP contribution in [0.15, 0.2) is 28.9 Å². The highest BCUT2D eigenvalue weighted by molar-refractivity contribution is 6.14. The van der Waals surface area contributed by atoms with E-state index >= 15 is 0 Å². The number of furan rings is 1. The minimum Gasteiger partial charge on any atom is -0.478 e. The summed E-state index contributed by atoms with van der Waals surface area (Å²) in [6, 6.07) is 3.30. The molecule has 0 radical (unpaired) electrons. The lowest BCUT2D eigenvalue weighted by Crippen LogP contribution is -1.97. The number of carbonyl (C=O) groups is 1. The van der Waals surface area contributed by atoms with Gasteiger partial charge in [0.25, 0.3) is 0 Å². The normalized spacial score (nSPS) is 11.6. The van der Waals surface area contributed by atoms with Crippen molar-refractivity contribution in [2.75, 3.05) is 0 Å². The standard InChI is InChI=1S/C9H10O3/c1-2-4-7(9(10)11)8-5-3-6-12-8/h3-6H,2H2,1H3,(H,10,11)/b7-4-. The lowest BCUT2D eigenvalue weighted by atomic mass is 10.2. The van der Waals surface area contributed by atoms with Crippen molar-refractivity contribution in [2.45, 2.75) is 13.3 Å². The van der Waals surface area contributed by atoms with Gasteiger partial charge in [0.2, 0.25) is 0 Å². The highest BCUT2D eigenvalue weighted by atomic mass is 16.4. The van der Waals surface area contributed by atoms with Crippen molar-refractivity contribution in [3.05, 3.63) is 30.2 Å². The zero-order valence-corrected chi connectivity index (χ0v) is 6.78. The zero-order chi connectivity index (χ0) is 8.97. The molecule has 1 aromatic heterocycles. The first kappa shape index (κ1) is 8.59. The van der Waals surface area contributed by atoms with Crippen molar-refractivity contribution < 1.29 is 14.3 Å². The number of aliphatic carboxylic acids is 1. The Kier molecular flexibility index (Phi) is 2.69. The monoisotopic (exact) mass is 166 g/mol. The van der Waals surface area contributed by atoms with Crippen LogP contribution in [0, 0.1) is 0 Å². The molecule has 64 valence electrons. The lowest BCUT2D eigenvalue weighted by Gasteiger charge is -1.95. The molecule has 0 aliphatic rings. The summed E-state index contributed by atoms with van der Waals surface area (Å²) in [5, 5.41) is 8.75. The molecule has 0 unspecified atom stereocenters. The van der Waals surface area contributed by atoms with Gasteiger partial charge < -0.3 is 9.52 Å². The molecule has 1 heterocycles. The van der Waals surface area contributed by atoms with Gasteiger partial charge in [0.05, 0.1) is 11.8 Å². The summed E-state index contributed by atoms with van der Waals surface area (Å²) in [5.41, 5.74) is 0.225. The van der Waals surface area contributed by atoms with Gasteiger partial charge in [-0.2, -0.15) is 0 Å². The van der Waals surface area contributed by atoms with Gasteiger partial charge in [-0.05, 0) is 18.6 Å². The van der Waals surface area contributed by atoms with Crippen molar-refractivity contribution in [3.8, 4) is 0 Å². The van der Waals surface area contributed by atoms with Crippen molar-refractivity contribution in [1.82, 2.24) is 0 Å². The van der Waals surface area contributed by atoms with Gasteiger partial charge in [0, 0.05) is 0 Å². The summed E-state index contributed by atoms with van der Waals surface area (Å²) in [7, 11) is 0. The van der Waals surface area contributed by atoms with Crippen LogP contribution >= 0.6 is 0 Å². The Morgan fingerprint density at radius 2 is 2.50 bits per heavy atom. The van der Waals surface area contributed by atoms with E-state index in [2.05, 4.69) is 0 Å². The van der Waals surface area contributed by atoms with Gasteiger partial charge >= 0.3 is 5.97 Å². The molecule has 0 aromatic carbocycles. The number of carboxylic acid groups (broad SMARTS) is 1. The molecular formula is C9H10O3. The SMILES string of the molecule is CC/C=C(\C(=O)O)c1ccco1. The Balaban J connectivity index is 2.96. The van der Waals surface area contributed by atoms with Crippen LogP contribution in [-0.2, 0) is 4.79 Å². The van der Waals surface area contributed by atoms with E-state index in [0.717, 1.165) is 0 Å². The van der Waals surface area contributed by atoms with Crippen LogP contribution in [0.25, 0.3) is 5.57 Å². The van der Waals surface area contributed by atoms with E-state index in [-0.39, 0.29) is 5.57 Å². The maximum atomic E-state index is 10.7. The number of hydrogen-bond acceptors (Lipinski definition) is 2. The Morgan fingerprint density at radius 3 is 2.92 bits per heavy atom. The van der Waals surface area contributed by atoms with Crippen molar-refractivity contribution in [3.63, 3.8) is 0 Å². The topological polar surface area (TPSA) is 50.4 Å². The molecule has 0 aliphatic heterocycles. The molecule has 0 bridgehead atoms. The van der Waals surface area contributed by atoms with Gasteiger partial charge in [0.15, 0.2) is 0 Å². The van der Waals surface area contributed by atoms with E-state index in [1.807, 2.05) is 6.92 Å². The second kappa shape index (κ2) is 3.76. The summed E-state index contributed by atoms with van der Waals surface area (Å²) < 4.78 is 4.96. The van der Waals surface area contributed by atoms with Crippen molar-refractivity contribution in [1.29, 1.82) is 0 Å². The van der Waals surface area contributed by atoms with E-state index in [9.17, 15) is 4.79 Å². The highest BCUT2D eigenvalue weighted by Crippen LogP contribution is 2.15. The maximum Gasteiger partial charge on any atom is 0.339 e. The lowest BCUT2D eigenvalue weighted by molar-refractivity contribution is -0.130. The largest absolute Gasteiger partial charge is 0.478 e. The first-order valence-corrected chi connectivity index (χ1v) is 3.73. The number of hydrogen-bond donors (Lipinski definition) is 1. The minimum atomic E-state index is -0.952. The fourth-order valence-corrected chi connectivity index (χ4v) is 0.929. The van der Waals surface area contributed by atoms with Gasteiger partial charge in [-0.1, -0.05) is 13.0 Å². The summed E-state index contributed by atoms with van der Waals surface area (Å²) in [6.45, 7) is 1.88. The molecule has 1 aromatic rings. The van der Waals surface area contributed by atoms with Crippen molar-refractivity contribution >= 4 is 11.5 Å². The summed E-state index contributed by atoms with van der Waals surface area (Å²) in [4.78, 5) is 10.7. The number of carboxylic acids is 1. The van der Waals surface area contributed by atoms with Crippen LogP contribution in [0.5, 0.6) is 0 Å². The average Bonchev–Trinajstić information content (AvgIpc) is 2.51. The van der Waals surface area contributed by atoms with E-state index in [4.69, 9.17) is 9.52 Å². The average molecular weight is 166 g/mol. The van der Waals surface area contributed by atoms with Crippen LogP contribution in [0.2, 0.25) is 0 Å². The molecule has 0 atom stereocenters. The molecule has 1 rings (SSSR count). The van der Waals surface area contributed by atoms with Crippen LogP contribution in [0.4, 0.5) is 0 Å². The first-order valence-electron chi connectivity index (χ1n) is 3.73. The van der Waals surface area contributed by atoms with Crippen LogP contribution in [0.1, 0.15) is 19.1 Å². The van der Waals surface area contributed by atoms with Crippen LogP contribution in [0.3, 0.4) is 0 Å². The third kappa shape index (κ3) is 1.75. The second-order valence-electron chi connectivity index (χ2n) is 2.31. The van der Waals surface area contributed by atoms with Crippen LogP contribution in [-0.4, -0.2) is 11.1 Å². The maximum absolute atomic E-state index is 10.7. The van der Waals surface area contributed by atoms with E-state index < -0.39 is 5.97 Å². The zero-order valence-electron chi connectivity index (χ0n) is 6.78. The van der Waals surface area contributed by atoms with E-state index in [0.29, 0.717) is 12.2 Å². The van der Waals surface area contributed by atoms with Gasteiger partial charge in [0.1, 0.15) is 5.76 Å². The molecule has 0 amide bonds. The van der Waals surface area contributed by atoms with E-state index in [1.54, 1.807) is 18.2 Å². The molecule has 0 aliphatic carbocycles. The van der Waals surface area contributed by atoms with E-state index in [1.165, 1.54) is 6.26 Å². The third-order valence-electron chi connectivity index (χ3n) is 1.43. The Labute approximate surface area is 70.3 Å². The fourth-order valence-electron chi connectivity index (χ4n) is 0.929. The third-order valence-corrected chi connectivity index (χ3v) is 1.43. The van der Waals surface area contributed by atoms with Gasteiger partial charge in [-0.3, -0.25) is 0 Å². The predicted molar refractivity (Wildman–Crippen MR) is 44.6 cm³/mol. The summed E-state index contributed by atoms with van der Waals surface area (Å²) in [6.07, 6.45) is 3.77. The Hall–Kier alpha value is -1.51. The summed E-state index contributed by atoms with van der Waals surface area (Å²) in [5.74, 6) is -0.545. The molecule has 3 nitrogen and oxygen atoms in total. The Bertz CT molecular complexity index is 283. The van der Waals surface area contributed by atoms with Crippen LogP contribution < -0.4 is 0 Å². The number of rotatable bonds is 3. The first-order chi connectivity index (χ1) is 5.75. The van der Waals surface area contributed by atoms with Gasteiger partial charge in [-0.25, -0.2) is 4.79 Å². The van der Waals surface area contributed by atoms with Gasteiger partial charge in [-0.15, -0.1) is 0 Å². The molecule has 0 saturated carbocycles. The fraction of sp³-hybridized carbons (Fsp3) is 0.222. The molecule has 0 saturated heterocycles. The molecule has 3 heteroatoms.